The number of allylic oxidation sites excluding steroid dienone is 1. The summed E-state index contributed by atoms with van der Waals surface area (Å²) in [6, 6.07) is 0. The molecule has 2 aliphatic rings. The van der Waals surface area contributed by atoms with E-state index < -0.39 is 5.41 Å². The van der Waals surface area contributed by atoms with Crippen LogP contribution in [0.3, 0.4) is 0 Å². The molecule has 1 fully saturated rings. The maximum Gasteiger partial charge on any atom is 0.316 e. The van der Waals surface area contributed by atoms with Crippen molar-refractivity contribution in [2.75, 3.05) is 6.61 Å². The van der Waals surface area contributed by atoms with Crippen molar-refractivity contribution in [3.05, 3.63) is 11.6 Å². The Labute approximate surface area is 70.4 Å². The standard InChI is InChI=1S/C9H10O3/c1-9-3-2-7(10)4-6(9)5-12-8(9)11/h4H,2-3,5H2,1H3/t9-/m1/s1. The smallest absolute Gasteiger partial charge is 0.316 e. The van der Waals surface area contributed by atoms with Gasteiger partial charge in [-0.05, 0) is 25.0 Å². The molecule has 1 atom stereocenters. The van der Waals surface area contributed by atoms with Crippen LogP contribution in [0.5, 0.6) is 0 Å². The van der Waals surface area contributed by atoms with Gasteiger partial charge in [0.15, 0.2) is 5.78 Å². The Kier molecular flexibility index (Phi) is 1.37. The number of ketones is 1. The highest BCUT2D eigenvalue weighted by Gasteiger charge is 2.46. The van der Waals surface area contributed by atoms with E-state index >= 15 is 0 Å². The van der Waals surface area contributed by atoms with Gasteiger partial charge in [0.1, 0.15) is 6.61 Å². The number of cyclic esters (lactones) is 1. The molecule has 64 valence electrons. The average Bonchev–Trinajstić information content (AvgIpc) is 2.31. The molecule has 0 radical (unpaired) electrons. The molecule has 0 amide bonds. The molecule has 3 heteroatoms. The zero-order chi connectivity index (χ0) is 8.77. The normalized spacial score (nSPS) is 34.2. The number of ether oxygens (including phenoxy) is 1. The lowest BCUT2D eigenvalue weighted by Crippen LogP contribution is -2.28. The number of rotatable bonds is 0. The van der Waals surface area contributed by atoms with E-state index in [1.807, 2.05) is 6.92 Å². The molecule has 3 nitrogen and oxygen atoms in total. The van der Waals surface area contributed by atoms with Gasteiger partial charge in [0.25, 0.3) is 0 Å². The van der Waals surface area contributed by atoms with Crippen LogP contribution in [0.15, 0.2) is 11.6 Å². The maximum absolute atomic E-state index is 11.3. The number of carbonyl (C=O) groups is 2. The lowest BCUT2D eigenvalue weighted by atomic mass is 9.75. The summed E-state index contributed by atoms with van der Waals surface area (Å²) in [5, 5.41) is 0. The zero-order valence-electron chi connectivity index (χ0n) is 6.92. The van der Waals surface area contributed by atoms with Gasteiger partial charge in [0.05, 0.1) is 5.41 Å². The van der Waals surface area contributed by atoms with Crippen molar-refractivity contribution in [1.29, 1.82) is 0 Å². The minimum atomic E-state index is -0.492. The second-order valence-electron chi connectivity index (χ2n) is 3.54. The van der Waals surface area contributed by atoms with Crippen molar-refractivity contribution in [2.45, 2.75) is 19.8 Å². The van der Waals surface area contributed by atoms with Crippen LogP contribution in [-0.4, -0.2) is 18.4 Å². The Balaban J connectivity index is 2.43. The van der Waals surface area contributed by atoms with E-state index in [1.165, 1.54) is 0 Å². The molecule has 12 heavy (non-hydrogen) atoms. The fraction of sp³-hybridized carbons (Fsp3) is 0.556. The Morgan fingerprint density at radius 1 is 1.50 bits per heavy atom. The van der Waals surface area contributed by atoms with Gasteiger partial charge in [0.2, 0.25) is 0 Å². The van der Waals surface area contributed by atoms with Crippen molar-refractivity contribution < 1.29 is 14.3 Å². The minimum absolute atomic E-state index is 0.112. The van der Waals surface area contributed by atoms with Crippen molar-refractivity contribution in [2.24, 2.45) is 5.41 Å². The van der Waals surface area contributed by atoms with Crippen molar-refractivity contribution in [3.8, 4) is 0 Å². The molecule has 0 spiro atoms. The summed E-state index contributed by atoms with van der Waals surface area (Å²) in [7, 11) is 0. The fourth-order valence-corrected chi connectivity index (χ4v) is 1.70. The molecular weight excluding hydrogens is 156 g/mol. The minimum Gasteiger partial charge on any atom is -0.460 e. The van der Waals surface area contributed by atoms with Crippen molar-refractivity contribution >= 4 is 11.8 Å². The second kappa shape index (κ2) is 2.19. The average molecular weight is 166 g/mol. The molecule has 0 N–H and O–H groups in total. The maximum atomic E-state index is 11.3. The van der Waals surface area contributed by atoms with Gasteiger partial charge >= 0.3 is 5.97 Å². The molecule has 1 aliphatic carbocycles. The van der Waals surface area contributed by atoms with E-state index in [0.29, 0.717) is 19.4 Å². The Morgan fingerprint density at radius 3 is 3.00 bits per heavy atom. The van der Waals surface area contributed by atoms with E-state index in [1.54, 1.807) is 6.08 Å². The third-order valence-electron chi connectivity index (χ3n) is 2.72. The highest BCUT2D eigenvalue weighted by molar-refractivity contribution is 5.96. The van der Waals surface area contributed by atoms with Gasteiger partial charge in [-0.2, -0.15) is 0 Å². The van der Waals surface area contributed by atoms with E-state index in [9.17, 15) is 9.59 Å². The number of hydrogen-bond donors (Lipinski definition) is 0. The van der Waals surface area contributed by atoms with Gasteiger partial charge in [-0.25, -0.2) is 0 Å². The first-order valence-electron chi connectivity index (χ1n) is 4.04. The molecule has 0 aromatic heterocycles. The van der Waals surface area contributed by atoms with Crippen LogP contribution in [0.1, 0.15) is 19.8 Å². The highest BCUT2D eigenvalue weighted by atomic mass is 16.5. The lowest BCUT2D eigenvalue weighted by Gasteiger charge is -2.23. The van der Waals surface area contributed by atoms with Gasteiger partial charge < -0.3 is 4.74 Å². The van der Waals surface area contributed by atoms with Crippen LogP contribution in [0.25, 0.3) is 0 Å². The summed E-state index contributed by atoms with van der Waals surface area (Å²) >= 11 is 0. The highest BCUT2D eigenvalue weighted by Crippen LogP contribution is 2.41. The Morgan fingerprint density at radius 2 is 2.25 bits per heavy atom. The van der Waals surface area contributed by atoms with E-state index in [2.05, 4.69) is 0 Å². The monoisotopic (exact) mass is 166 g/mol. The predicted octanol–water partition coefficient (Wildman–Crippen LogP) is 0.839. The molecule has 0 unspecified atom stereocenters. The van der Waals surface area contributed by atoms with Gasteiger partial charge in [0, 0.05) is 6.42 Å². The second-order valence-corrected chi connectivity index (χ2v) is 3.54. The first-order chi connectivity index (χ1) is 5.63. The number of hydrogen-bond acceptors (Lipinski definition) is 3. The number of carbonyl (C=O) groups excluding carboxylic acids is 2. The molecule has 0 bridgehead atoms. The lowest BCUT2D eigenvalue weighted by molar-refractivity contribution is -0.145. The van der Waals surface area contributed by atoms with E-state index in [0.717, 1.165) is 5.57 Å². The topological polar surface area (TPSA) is 43.4 Å². The number of esters is 1. The van der Waals surface area contributed by atoms with E-state index in [-0.39, 0.29) is 11.8 Å². The summed E-state index contributed by atoms with van der Waals surface area (Å²) in [6.45, 7) is 2.15. The first-order valence-corrected chi connectivity index (χ1v) is 4.04. The molecule has 2 rings (SSSR count). The third-order valence-corrected chi connectivity index (χ3v) is 2.72. The molecule has 0 saturated carbocycles. The predicted molar refractivity (Wildman–Crippen MR) is 41.4 cm³/mol. The van der Waals surface area contributed by atoms with Crippen LogP contribution in [0.4, 0.5) is 0 Å². The number of fused-ring (bicyclic) bond motifs is 1. The summed E-state index contributed by atoms with van der Waals surface area (Å²) in [5.74, 6) is -0.0676. The SMILES string of the molecule is C[C@@]12CCC(=O)C=C1COC2=O. The Hall–Kier alpha value is -1.12. The fourth-order valence-electron chi connectivity index (χ4n) is 1.70. The van der Waals surface area contributed by atoms with Gasteiger partial charge in [-0.3, -0.25) is 9.59 Å². The Bertz CT molecular complexity index is 290. The summed E-state index contributed by atoms with van der Waals surface area (Å²) in [6.07, 6.45) is 2.64. The van der Waals surface area contributed by atoms with Crippen LogP contribution in [-0.2, 0) is 14.3 Å². The van der Waals surface area contributed by atoms with Crippen molar-refractivity contribution in [1.82, 2.24) is 0 Å². The largest absolute Gasteiger partial charge is 0.460 e. The quantitative estimate of drug-likeness (QED) is 0.501. The molecule has 1 saturated heterocycles. The van der Waals surface area contributed by atoms with Crippen LogP contribution in [0.2, 0.25) is 0 Å². The van der Waals surface area contributed by atoms with Crippen LogP contribution >= 0.6 is 0 Å². The summed E-state index contributed by atoms with van der Waals surface area (Å²) in [5.41, 5.74) is 0.359. The third kappa shape index (κ3) is 0.823. The zero-order valence-corrected chi connectivity index (χ0v) is 6.92. The van der Waals surface area contributed by atoms with Crippen LogP contribution < -0.4 is 0 Å². The molecular formula is C9H10O3. The molecule has 1 aliphatic heterocycles. The molecule has 0 aromatic carbocycles. The van der Waals surface area contributed by atoms with Gasteiger partial charge in [-0.15, -0.1) is 0 Å². The van der Waals surface area contributed by atoms with Crippen LogP contribution in [0, 0.1) is 5.41 Å². The van der Waals surface area contributed by atoms with Crippen molar-refractivity contribution in [3.63, 3.8) is 0 Å². The summed E-state index contributed by atoms with van der Waals surface area (Å²) in [4.78, 5) is 22.3. The molecule has 0 aromatic rings. The first kappa shape index (κ1) is 7.53. The molecule has 1 heterocycles. The summed E-state index contributed by atoms with van der Waals surface area (Å²) < 4.78 is 4.89. The van der Waals surface area contributed by atoms with E-state index in [4.69, 9.17) is 4.74 Å². The van der Waals surface area contributed by atoms with Gasteiger partial charge in [-0.1, -0.05) is 0 Å².